The maximum absolute atomic E-state index is 11.6. The van der Waals surface area contributed by atoms with Crippen molar-refractivity contribution in [2.24, 2.45) is 0 Å². The van der Waals surface area contributed by atoms with Crippen LogP contribution in [0.5, 0.6) is 0 Å². The van der Waals surface area contributed by atoms with Crippen molar-refractivity contribution in [1.82, 2.24) is 16.2 Å². The lowest BCUT2D eigenvalue weighted by molar-refractivity contribution is 0.0943. The molecule has 0 aliphatic carbocycles. The number of hydrazine groups is 1. The van der Waals surface area contributed by atoms with E-state index in [1.807, 2.05) is 25.1 Å². The Kier molecular flexibility index (Phi) is 4.05. The molecule has 0 fully saturated rings. The monoisotopic (exact) mass is 223 g/mol. The number of amides is 1. The number of nitrogens with one attached hydrogen (secondary N) is 3. The molecule has 0 unspecified atom stereocenters. The molecule has 15 heavy (non-hydrogen) atoms. The van der Waals surface area contributed by atoms with Crippen LogP contribution in [-0.4, -0.2) is 18.1 Å². The molecule has 4 nitrogen and oxygen atoms in total. The number of hydrogen-bond acceptors (Lipinski definition) is 2. The predicted molar refractivity (Wildman–Crippen MR) is 63.4 cm³/mol. The second kappa shape index (κ2) is 5.31. The fourth-order valence-corrected chi connectivity index (χ4v) is 1.12. The molecule has 80 valence electrons. The molecule has 3 N–H and O–H groups in total. The zero-order chi connectivity index (χ0) is 11.3. The smallest absolute Gasteiger partial charge is 0.269 e. The first-order valence-corrected chi connectivity index (χ1v) is 4.89. The van der Waals surface area contributed by atoms with Crippen LogP contribution in [0, 0.1) is 6.92 Å². The Morgan fingerprint density at radius 2 is 1.93 bits per heavy atom. The Morgan fingerprint density at radius 3 is 2.53 bits per heavy atom. The minimum Gasteiger partial charge on any atom is -0.364 e. The molecule has 0 radical (unpaired) electrons. The minimum absolute atomic E-state index is 0.203. The lowest BCUT2D eigenvalue weighted by atomic mass is 10.1. The molecular weight excluding hydrogens is 210 g/mol. The van der Waals surface area contributed by atoms with E-state index in [9.17, 15) is 4.79 Å². The Hall–Kier alpha value is -1.62. The second-order valence-electron chi connectivity index (χ2n) is 2.97. The van der Waals surface area contributed by atoms with Crippen LogP contribution >= 0.6 is 12.2 Å². The Bertz CT molecular complexity index is 379. The molecule has 1 amide bonds. The number of benzene rings is 1. The summed E-state index contributed by atoms with van der Waals surface area (Å²) in [5, 5.41) is 3.06. The fourth-order valence-electron chi connectivity index (χ4n) is 1.07. The lowest BCUT2D eigenvalue weighted by Gasteiger charge is -2.09. The van der Waals surface area contributed by atoms with Crippen molar-refractivity contribution in [2.75, 3.05) is 7.05 Å². The highest BCUT2D eigenvalue weighted by Gasteiger charge is 2.07. The molecule has 0 bridgehead atoms. The molecule has 1 rings (SSSR count). The first-order valence-electron chi connectivity index (χ1n) is 4.49. The third-order valence-corrected chi connectivity index (χ3v) is 2.21. The van der Waals surface area contributed by atoms with Crippen LogP contribution in [0.25, 0.3) is 0 Å². The van der Waals surface area contributed by atoms with Gasteiger partial charge in [-0.1, -0.05) is 18.2 Å². The van der Waals surface area contributed by atoms with Gasteiger partial charge in [0.25, 0.3) is 5.91 Å². The maximum Gasteiger partial charge on any atom is 0.269 e. The van der Waals surface area contributed by atoms with Crippen molar-refractivity contribution >= 4 is 23.2 Å². The highest BCUT2D eigenvalue weighted by molar-refractivity contribution is 7.80. The number of carbonyl (C=O) groups is 1. The number of thiocarbonyl (C=S) groups is 1. The van der Waals surface area contributed by atoms with Crippen molar-refractivity contribution < 1.29 is 4.79 Å². The molecule has 1 aromatic carbocycles. The summed E-state index contributed by atoms with van der Waals surface area (Å²) in [6.07, 6.45) is 0. The summed E-state index contributed by atoms with van der Waals surface area (Å²) >= 11 is 4.82. The summed E-state index contributed by atoms with van der Waals surface area (Å²) in [5.41, 5.74) is 6.63. The first kappa shape index (κ1) is 11.5. The number of hydrogen-bond donors (Lipinski definition) is 3. The minimum atomic E-state index is -0.203. The summed E-state index contributed by atoms with van der Waals surface area (Å²) in [5.74, 6) is -0.203. The largest absolute Gasteiger partial charge is 0.364 e. The number of aryl methyl sites for hydroxylation is 1. The highest BCUT2D eigenvalue weighted by atomic mass is 32.1. The summed E-state index contributed by atoms with van der Waals surface area (Å²) in [7, 11) is 1.68. The molecule has 5 heteroatoms. The van der Waals surface area contributed by atoms with E-state index in [1.165, 1.54) is 0 Å². The van der Waals surface area contributed by atoms with Gasteiger partial charge in [0.15, 0.2) is 5.11 Å². The average molecular weight is 223 g/mol. The second-order valence-corrected chi connectivity index (χ2v) is 3.38. The molecule has 0 aliphatic rings. The van der Waals surface area contributed by atoms with E-state index in [-0.39, 0.29) is 5.91 Å². The van der Waals surface area contributed by atoms with Crippen LogP contribution in [0.15, 0.2) is 24.3 Å². The van der Waals surface area contributed by atoms with E-state index < -0.39 is 0 Å². The molecule has 0 heterocycles. The molecule has 1 aromatic rings. The van der Waals surface area contributed by atoms with Gasteiger partial charge in [-0.2, -0.15) is 0 Å². The molecule has 0 atom stereocenters. The molecule has 0 aliphatic heterocycles. The molecule has 0 saturated carbocycles. The van der Waals surface area contributed by atoms with Gasteiger partial charge < -0.3 is 5.32 Å². The summed E-state index contributed by atoms with van der Waals surface area (Å²) in [6, 6.07) is 7.34. The van der Waals surface area contributed by atoms with Crippen LogP contribution < -0.4 is 16.2 Å². The third kappa shape index (κ3) is 3.21. The highest BCUT2D eigenvalue weighted by Crippen LogP contribution is 2.05. The average Bonchev–Trinajstić information content (AvgIpc) is 2.26. The van der Waals surface area contributed by atoms with Crippen LogP contribution in [-0.2, 0) is 0 Å². The number of carbonyl (C=O) groups excluding carboxylic acids is 1. The summed E-state index contributed by atoms with van der Waals surface area (Å²) in [6.45, 7) is 1.88. The Balaban J connectivity index is 2.62. The van der Waals surface area contributed by atoms with Crippen LogP contribution in [0.3, 0.4) is 0 Å². The van der Waals surface area contributed by atoms with Gasteiger partial charge in [0.1, 0.15) is 0 Å². The van der Waals surface area contributed by atoms with E-state index >= 15 is 0 Å². The van der Waals surface area contributed by atoms with Gasteiger partial charge in [-0.05, 0) is 30.8 Å². The van der Waals surface area contributed by atoms with E-state index in [4.69, 9.17) is 12.2 Å². The van der Waals surface area contributed by atoms with Crippen molar-refractivity contribution in [3.63, 3.8) is 0 Å². The van der Waals surface area contributed by atoms with E-state index in [2.05, 4.69) is 16.2 Å². The quantitative estimate of drug-likeness (QED) is 0.485. The van der Waals surface area contributed by atoms with Gasteiger partial charge in [-0.15, -0.1) is 0 Å². The van der Waals surface area contributed by atoms with Gasteiger partial charge >= 0.3 is 0 Å². The topological polar surface area (TPSA) is 53.2 Å². The molecule has 0 saturated heterocycles. The standard InChI is InChI=1S/C10H13N3OS/c1-7-5-3-4-6-8(7)9(14)12-13-10(15)11-2/h3-6H,1-2H3,(H,12,14)(H2,11,13,15). The first-order chi connectivity index (χ1) is 7.15. The Morgan fingerprint density at radius 1 is 1.27 bits per heavy atom. The zero-order valence-corrected chi connectivity index (χ0v) is 9.44. The molecule has 0 aromatic heterocycles. The van der Waals surface area contributed by atoms with Crippen molar-refractivity contribution in [2.45, 2.75) is 6.92 Å². The Labute approximate surface area is 94.0 Å². The summed E-state index contributed by atoms with van der Waals surface area (Å²) < 4.78 is 0. The van der Waals surface area contributed by atoms with Crippen molar-refractivity contribution in [1.29, 1.82) is 0 Å². The molecular formula is C10H13N3OS. The van der Waals surface area contributed by atoms with Crippen LogP contribution in [0.2, 0.25) is 0 Å². The van der Waals surface area contributed by atoms with Gasteiger partial charge in [-0.3, -0.25) is 15.6 Å². The molecule has 0 spiro atoms. The van der Waals surface area contributed by atoms with Gasteiger partial charge in [0.2, 0.25) is 0 Å². The van der Waals surface area contributed by atoms with Gasteiger partial charge in [-0.25, -0.2) is 0 Å². The van der Waals surface area contributed by atoms with E-state index in [1.54, 1.807) is 13.1 Å². The van der Waals surface area contributed by atoms with Gasteiger partial charge in [0, 0.05) is 12.6 Å². The van der Waals surface area contributed by atoms with E-state index in [0.717, 1.165) is 5.56 Å². The van der Waals surface area contributed by atoms with Gasteiger partial charge in [0.05, 0.1) is 0 Å². The fraction of sp³-hybridized carbons (Fsp3) is 0.200. The van der Waals surface area contributed by atoms with Crippen molar-refractivity contribution in [3.8, 4) is 0 Å². The lowest BCUT2D eigenvalue weighted by Crippen LogP contribution is -2.45. The van der Waals surface area contributed by atoms with Crippen LogP contribution in [0.1, 0.15) is 15.9 Å². The summed E-state index contributed by atoms with van der Waals surface area (Å²) in [4.78, 5) is 11.6. The van der Waals surface area contributed by atoms with Crippen LogP contribution in [0.4, 0.5) is 0 Å². The van der Waals surface area contributed by atoms with E-state index in [0.29, 0.717) is 10.7 Å². The predicted octanol–water partition coefficient (Wildman–Crippen LogP) is 0.734. The van der Waals surface area contributed by atoms with Crippen molar-refractivity contribution in [3.05, 3.63) is 35.4 Å². The maximum atomic E-state index is 11.6. The third-order valence-electron chi connectivity index (χ3n) is 1.91. The zero-order valence-electron chi connectivity index (χ0n) is 8.63. The number of rotatable bonds is 1. The SMILES string of the molecule is CNC(=S)NNC(=O)c1ccccc1C. The normalized spacial score (nSPS) is 9.20.